The molecule has 0 spiro atoms. The van der Waals surface area contributed by atoms with Crippen molar-refractivity contribution in [1.29, 1.82) is 0 Å². The normalized spacial score (nSPS) is 12.9. The molecule has 0 saturated carbocycles. The number of carbonyl (C=O) groups excluding carboxylic acids is 1. The Morgan fingerprint density at radius 2 is 2.19 bits per heavy atom. The summed E-state index contributed by atoms with van der Waals surface area (Å²) in [6.07, 6.45) is 0.968. The number of benzene rings is 1. The van der Waals surface area contributed by atoms with E-state index in [1.807, 2.05) is 19.1 Å². The van der Waals surface area contributed by atoms with E-state index in [1.54, 1.807) is 11.3 Å². The molecule has 1 unspecified atom stereocenters. The molecule has 0 aliphatic rings. The Balaban J connectivity index is 2.18. The summed E-state index contributed by atoms with van der Waals surface area (Å²) in [5.41, 5.74) is 6.75. The van der Waals surface area contributed by atoms with Gasteiger partial charge in [-0.05, 0) is 29.3 Å². The molecule has 1 atom stereocenters. The maximum atomic E-state index is 11.7. The van der Waals surface area contributed by atoms with Gasteiger partial charge in [-0.3, -0.25) is 4.79 Å². The summed E-state index contributed by atoms with van der Waals surface area (Å²) < 4.78 is 1.24. The fourth-order valence-electron chi connectivity index (χ4n) is 1.81. The zero-order chi connectivity index (χ0) is 11.5. The number of hydrogen-bond acceptors (Lipinski definition) is 3. The van der Waals surface area contributed by atoms with Crippen LogP contribution in [0.4, 0.5) is 0 Å². The Labute approximate surface area is 99.1 Å². The number of ketones is 1. The van der Waals surface area contributed by atoms with Crippen molar-refractivity contribution in [3.63, 3.8) is 0 Å². The van der Waals surface area contributed by atoms with Gasteiger partial charge in [-0.25, -0.2) is 0 Å². The van der Waals surface area contributed by atoms with Gasteiger partial charge < -0.3 is 5.73 Å². The third kappa shape index (κ3) is 2.49. The van der Waals surface area contributed by atoms with Crippen LogP contribution in [-0.2, 0) is 11.2 Å². The summed E-state index contributed by atoms with van der Waals surface area (Å²) in [6.45, 7) is 1.86. The van der Waals surface area contributed by atoms with Gasteiger partial charge in [-0.1, -0.05) is 18.2 Å². The topological polar surface area (TPSA) is 43.1 Å². The molecule has 0 saturated heterocycles. The molecule has 2 N–H and O–H groups in total. The van der Waals surface area contributed by atoms with Crippen LogP contribution in [0.5, 0.6) is 0 Å². The molecule has 2 rings (SSSR count). The van der Waals surface area contributed by atoms with Gasteiger partial charge in [0.1, 0.15) is 5.78 Å². The smallest absolute Gasteiger partial charge is 0.138 e. The zero-order valence-electron chi connectivity index (χ0n) is 9.27. The molecule has 1 aromatic carbocycles. The average Bonchev–Trinajstić information content (AvgIpc) is 2.61. The molecule has 2 aromatic rings. The van der Waals surface area contributed by atoms with Gasteiger partial charge in [-0.2, -0.15) is 0 Å². The van der Waals surface area contributed by atoms with Crippen molar-refractivity contribution in [3.8, 4) is 0 Å². The van der Waals surface area contributed by atoms with Crippen molar-refractivity contribution in [2.75, 3.05) is 0 Å². The molecular formula is C13H15NOS. The molecule has 1 aromatic heterocycles. The largest absolute Gasteiger partial charge is 0.328 e. The zero-order valence-corrected chi connectivity index (χ0v) is 10.1. The van der Waals surface area contributed by atoms with Crippen LogP contribution in [0.2, 0.25) is 0 Å². The minimum atomic E-state index is -0.0441. The van der Waals surface area contributed by atoms with Crippen molar-refractivity contribution in [1.82, 2.24) is 0 Å². The third-order valence-corrected chi connectivity index (χ3v) is 3.51. The summed E-state index contributed by atoms with van der Waals surface area (Å²) in [6, 6.07) is 8.14. The highest BCUT2D eigenvalue weighted by molar-refractivity contribution is 7.17. The first-order chi connectivity index (χ1) is 7.66. The Hall–Kier alpha value is -1.19. The molecule has 1 heterocycles. The van der Waals surface area contributed by atoms with Crippen LogP contribution >= 0.6 is 11.3 Å². The highest BCUT2D eigenvalue weighted by Crippen LogP contribution is 2.26. The molecule has 0 radical (unpaired) electrons. The molecule has 0 amide bonds. The summed E-state index contributed by atoms with van der Waals surface area (Å²) in [5.74, 6) is 0.221. The lowest BCUT2D eigenvalue weighted by molar-refractivity contribution is -0.118. The van der Waals surface area contributed by atoms with E-state index in [-0.39, 0.29) is 11.8 Å². The predicted octanol–water partition coefficient (Wildman–Crippen LogP) is 2.75. The summed E-state index contributed by atoms with van der Waals surface area (Å²) in [7, 11) is 0. The minimum absolute atomic E-state index is 0.0441. The van der Waals surface area contributed by atoms with Gasteiger partial charge in [0, 0.05) is 23.6 Å². The van der Waals surface area contributed by atoms with Crippen molar-refractivity contribution in [2.24, 2.45) is 5.73 Å². The Morgan fingerprint density at radius 3 is 2.94 bits per heavy atom. The highest BCUT2D eigenvalue weighted by atomic mass is 32.1. The number of hydrogen-bond donors (Lipinski definition) is 1. The van der Waals surface area contributed by atoms with Crippen molar-refractivity contribution < 1.29 is 4.79 Å². The SMILES string of the molecule is CC(N)CC(=O)Cc1csc2ccccc12. The lowest BCUT2D eigenvalue weighted by Crippen LogP contribution is -2.20. The second kappa shape index (κ2) is 4.76. The maximum absolute atomic E-state index is 11.7. The number of thiophene rings is 1. The van der Waals surface area contributed by atoms with Crippen LogP contribution in [0.1, 0.15) is 18.9 Å². The quantitative estimate of drug-likeness (QED) is 0.882. The number of fused-ring (bicyclic) bond motifs is 1. The fourth-order valence-corrected chi connectivity index (χ4v) is 2.78. The first-order valence-corrected chi connectivity index (χ1v) is 6.27. The molecule has 0 aliphatic carbocycles. The molecular weight excluding hydrogens is 218 g/mol. The molecule has 3 heteroatoms. The highest BCUT2D eigenvalue weighted by Gasteiger charge is 2.10. The lowest BCUT2D eigenvalue weighted by Gasteiger charge is -2.03. The van der Waals surface area contributed by atoms with Gasteiger partial charge >= 0.3 is 0 Å². The minimum Gasteiger partial charge on any atom is -0.328 e. The predicted molar refractivity (Wildman–Crippen MR) is 68.8 cm³/mol. The number of Topliss-reactive ketones (excluding diaryl/α,β-unsaturated/α-hetero) is 1. The monoisotopic (exact) mass is 233 g/mol. The van der Waals surface area contributed by atoms with Crippen molar-refractivity contribution >= 4 is 27.2 Å². The van der Waals surface area contributed by atoms with E-state index in [0.717, 1.165) is 5.56 Å². The van der Waals surface area contributed by atoms with E-state index >= 15 is 0 Å². The van der Waals surface area contributed by atoms with E-state index in [9.17, 15) is 4.79 Å². The van der Waals surface area contributed by atoms with Crippen LogP contribution in [-0.4, -0.2) is 11.8 Å². The first kappa shape index (κ1) is 11.3. The molecule has 16 heavy (non-hydrogen) atoms. The van der Waals surface area contributed by atoms with Gasteiger partial charge in [0.2, 0.25) is 0 Å². The van der Waals surface area contributed by atoms with E-state index in [2.05, 4.69) is 17.5 Å². The van der Waals surface area contributed by atoms with Crippen LogP contribution in [0, 0.1) is 0 Å². The lowest BCUT2D eigenvalue weighted by atomic mass is 10.0. The summed E-state index contributed by atoms with van der Waals surface area (Å²) in [4.78, 5) is 11.7. The number of rotatable bonds is 4. The van der Waals surface area contributed by atoms with E-state index in [1.165, 1.54) is 10.1 Å². The van der Waals surface area contributed by atoms with Crippen molar-refractivity contribution in [2.45, 2.75) is 25.8 Å². The van der Waals surface area contributed by atoms with Crippen molar-refractivity contribution in [3.05, 3.63) is 35.2 Å². The molecule has 0 bridgehead atoms. The summed E-state index contributed by atoms with van der Waals surface area (Å²) >= 11 is 1.69. The van der Waals surface area contributed by atoms with Gasteiger partial charge in [0.15, 0.2) is 0 Å². The van der Waals surface area contributed by atoms with Crippen LogP contribution in [0.25, 0.3) is 10.1 Å². The fraction of sp³-hybridized carbons (Fsp3) is 0.308. The maximum Gasteiger partial charge on any atom is 0.138 e. The van der Waals surface area contributed by atoms with E-state index in [0.29, 0.717) is 12.8 Å². The number of carbonyl (C=O) groups is 1. The standard InChI is InChI=1S/C13H15NOS/c1-9(14)6-11(15)7-10-8-16-13-5-3-2-4-12(10)13/h2-5,8-9H,6-7,14H2,1H3. The van der Waals surface area contributed by atoms with Gasteiger partial charge in [0.25, 0.3) is 0 Å². The van der Waals surface area contributed by atoms with Gasteiger partial charge in [0.05, 0.1) is 0 Å². The summed E-state index contributed by atoms with van der Waals surface area (Å²) in [5, 5.41) is 3.27. The number of nitrogens with two attached hydrogens (primary N) is 1. The second-order valence-corrected chi connectivity index (χ2v) is 5.07. The Morgan fingerprint density at radius 1 is 1.44 bits per heavy atom. The molecule has 0 fully saturated rings. The van der Waals surface area contributed by atoms with E-state index < -0.39 is 0 Å². The Kier molecular flexibility index (Phi) is 3.36. The second-order valence-electron chi connectivity index (χ2n) is 4.15. The van der Waals surface area contributed by atoms with Crippen LogP contribution < -0.4 is 5.73 Å². The van der Waals surface area contributed by atoms with Gasteiger partial charge in [-0.15, -0.1) is 11.3 Å². The molecule has 0 aliphatic heterocycles. The molecule has 2 nitrogen and oxygen atoms in total. The Bertz CT molecular complexity index is 501. The van der Waals surface area contributed by atoms with Crippen LogP contribution in [0.3, 0.4) is 0 Å². The van der Waals surface area contributed by atoms with Crippen LogP contribution in [0.15, 0.2) is 29.6 Å². The van der Waals surface area contributed by atoms with E-state index in [4.69, 9.17) is 5.73 Å². The third-order valence-electron chi connectivity index (χ3n) is 2.50. The first-order valence-electron chi connectivity index (χ1n) is 5.39. The average molecular weight is 233 g/mol. The molecule has 84 valence electrons.